The molecular weight excluding hydrogens is 372 g/mol. The number of benzene rings is 2. The molecule has 0 bridgehead atoms. The molecule has 0 saturated heterocycles. The van der Waals surface area contributed by atoms with Crippen LogP contribution in [0.5, 0.6) is 23.0 Å². The number of carbonyl (C=O) groups is 2. The first-order chi connectivity index (χ1) is 13.9. The standard InChI is InChI=1S/C23H24O6/c1-3-12-29-23-14-17(7-11-21(23)27)5-9-19(25)15-18(24)8-4-16-6-10-20(26)22(13-16)28-2/h4-11,13-14,26-27H,3,12,15H2,1-2H3. The average Bonchev–Trinajstić information content (AvgIpc) is 2.71. The molecule has 0 atom stereocenters. The minimum Gasteiger partial charge on any atom is -0.504 e. The van der Waals surface area contributed by atoms with Crippen molar-refractivity contribution in [2.45, 2.75) is 19.8 Å². The quantitative estimate of drug-likeness (QED) is 0.463. The van der Waals surface area contributed by atoms with E-state index in [2.05, 4.69) is 0 Å². The summed E-state index contributed by atoms with van der Waals surface area (Å²) >= 11 is 0. The molecule has 0 aliphatic rings. The molecule has 2 aromatic rings. The van der Waals surface area contributed by atoms with Gasteiger partial charge in [0.15, 0.2) is 34.6 Å². The van der Waals surface area contributed by atoms with Crippen LogP contribution in [-0.2, 0) is 9.59 Å². The number of phenols is 2. The molecule has 0 radical (unpaired) electrons. The van der Waals surface area contributed by atoms with E-state index in [0.717, 1.165) is 6.42 Å². The number of methoxy groups -OCH3 is 1. The molecule has 2 N–H and O–H groups in total. The van der Waals surface area contributed by atoms with Crippen molar-refractivity contribution in [2.24, 2.45) is 0 Å². The van der Waals surface area contributed by atoms with Gasteiger partial charge in [-0.15, -0.1) is 0 Å². The molecular formula is C23H24O6. The first-order valence-electron chi connectivity index (χ1n) is 9.17. The number of hydrogen-bond donors (Lipinski definition) is 2. The average molecular weight is 396 g/mol. The van der Waals surface area contributed by atoms with Crippen molar-refractivity contribution < 1.29 is 29.3 Å². The number of carbonyl (C=O) groups excluding carboxylic acids is 2. The summed E-state index contributed by atoms with van der Waals surface area (Å²) in [5.41, 5.74) is 1.35. The monoisotopic (exact) mass is 396 g/mol. The van der Waals surface area contributed by atoms with Crippen molar-refractivity contribution in [1.82, 2.24) is 0 Å². The number of hydrogen-bond acceptors (Lipinski definition) is 6. The fourth-order valence-corrected chi connectivity index (χ4v) is 2.43. The number of ketones is 2. The van der Waals surface area contributed by atoms with Gasteiger partial charge in [0.25, 0.3) is 0 Å². The second-order valence-electron chi connectivity index (χ2n) is 6.28. The smallest absolute Gasteiger partial charge is 0.163 e. The van der Waals surface area contributed by atoms with Gasteiger partial charge in [0.05, 0.1) is 20.1 Å². The van der Waals surface area contributed by atoms with Crippen LogP contribution in [0.25, 0.3) is 12.2 Å². The summed E-state index contributed by atoms with van der Waals surface area (Å²) in [5, 5.41) is 19.3. The SMILES string of the molecule is CCCOc1cc(C=CC(=O)CC(=O)C=Cc2ccc(O)c(OC)c2)ccc1O. The van der Waals surface area contributed by atoms with E-state index in [4.69, 9.17) is 9.47 Å². The van der Waals surface area contributed by atoms with Crippen LogP contribution in [0.15, 0.2) is 48.6 Å². The number of ether oxygens (including phenoxy) is 2. The number of aromatic hydroxyl groups is 2. The number of rotatable bonds is 10. The molecule has 29 heavy (non-hydrogen) atoms. The van der Waals surface area contributed by atoms with Crippen molar-refractivity contribution in [3.63, 3.8) is 0 Å². The molecule has 0 unspecified atom stereocenters. The summed E-state index contributed by atoms with van der Waals surface area (Å²) in [4.78, 5) is 24.0. The summed E-state index contributed by atoms with van der Waals surface area (Å²) in [5.74, 6) is 0.0119. The van der Waals surface area contributed by atoms with Gasteiger partial charge in [-0.1, -0.05) is 31.2 Å². The molecule has 0 aromatic heterocycles. The maximum Gasteiger partial charge on any atom is 0.163 e. The molecule has 152 valence electrons. The molecule has 0 spiro atoms. The maximum atomic E-state index is 12.0. The summed E-state index contributed by atoms with van der Waals surface area (Å²) in [6, 6.07) is 9.46. The summed E-state index contributed by atoms with van der Waals surface area (Å²) in [6.07, 6.45) is 6.31. The van der Waals surface area contributed by atoms with E-state index in [0.29, 0.717) is 29.2 Å². The highest BCUT2D eigenvalue weighted by molar-refractivity contribution is 6.10. The summed E-state index contributed by atoms with van der Waals surface area (Å²) < 4.78 is 10.5. The van der Waals surface area contributed by atoms with Gasteiger partial charge in [0, 0.05) is 0 Å². The van der Waals surface area contributed by atoms with E-state index in [1.54, 1.807) is 36.4 Å². The topological polar surface area (TPSA) is 93.1 Å². The second-order valence-corrected chi connectivity index (χ2v) is 6.28. The van der Waals surface area contributed by atoms with Gasteiger partial charge in [-0.3, -0.25) is 9.59 Å². The molecule has 2 aromatic carbocycles. The van der Waals surface area contributed by atoms with Crippen molar-refractivity contribution in [2.75, 3.05) is 13.7 Å². The van der Waals surface area contributed by atoms with Gasteiger partial charge >= 0.3 is 0 Å². The minimum atomic E-state index is -0.343. The zero-order chi connectivity index (χ0) is 21.2. The molecule has 0 amide bonds. The lowest BCUT2D eigenvalue weighted by Crippen LogP contribution is -2.02. The number of allylic oxidation sites excluding steroid dienone is 2. The van der Waals surface area contributed by atoms with E-state index in [-0.39, 0.29) is 29.5 Å². The molecule has 0 heterocycles. The maximum absolute atomic E-state index is 12.0. The van der Waals surface area contributed by atoms with Crippen LogP contribution in [0.1, 0.15) is 30.9 Å². The zero-order valence-electron chi connectivity index (χ0n) is 16.4. The van der Waals surface area contributed by atoms with Crippen LogP contribution in [0.3, 0.4) is 0 Å². The minimum absolute atomic E-state index is 0.00812. The molecule has 2 rings (SSSR count). The van der Waals surface area contributed by atoms with Gasteiger partial charge in [-0.05, 0) is 54.0 Å². The highest BCUT2D eigenvalue weighted by atomic mass is 16.5. The Kier molecular flexibility index (Phi) is 8.03. The van der Waals surface area contributed by atoms with E-state index < -0.39 is 0 Å². The van der Waals surface area contributed by atoms with Crippen LogP contribution in [0.2, 0.25) is 0 Å². The molecule has 0 saturated carbocycles. The van der Waals surface area contributed by atoms with Crippen molar-refractivity contribution in [3.8, 4) is 23.0 Å². The Bertz CT molecular complexity index is 927. The van der Waals surface area contributed by atoms with Gasteiger partial charge in [-0.2, -0.15) is 0 Å². The van der Waals surface area contributed by atoms with Crippen molar-refractivity contribution in [3.05, 3.63) is 59.7 Å². The Balaban J connectivity index is 1.95. The molecule has 6 nitrogen and oxygen atoms in total. The van der Waals surface area contributed by atoms with Gasteiger partial charge < -0.3 is 19.7 Å². The molecule has 0 aliphatic heterocycles. The fourth-order valence-electron chi connectivity index (χ4n) is 2.43. The Morgan fingerprint density at radius 2 is 1.41 bits per heavy atom. The van der Waals surface area contributed by atoms with E-state index in [9.17, 15) is 19.8 Å². The third kappa shape index (κ3) is 6.84. The van der Waals surface area contributed by atoms with Crippen LogP contribution in [0.4, 0.5) is 0 Å². The normalized spacial score (nSPS) is 11.1. The predicted octanol–water partition coefficient (Wildman–Crippen LogP) is 4.15. The lowest BCUT2D eigenvalue weighted by Gasteiger charge is -2.07. The van der Waals surface area contributed by atoms with Gasteiger partial charge in [0.2, 0.25) is 0 Å². The molecule has 0 fully saturated rings. The zero-order valence-corrected chi connectivity index (χ0v) is 16.4. The second kappa shape index (κ2) is 10.7. The largest absolute Gasteiger partial charge is 0.504 e. The highest BCUT2D eigenvalue weighted by Gasteiger charge is 2.06. The summed E-state index contributed by atoms with van der Waals surface area (Å²) in [6.45, 7) is 2.44. The van der Waals surface area contributed by atoms with Crippen molar-refractivity contribution >= 4 is 23.7 Å². The van der Waals surface area contributed by atoms with Crippen LogP contribution in [-0.4, -0.2) is 35.5 Å². The first kappa shape index (κ1) is 21.8. The Labute approximate surface area is 169 Å². The highest BCUT2D eigenvalue weighted by Crippen LogP contribution is 2.28. The molecule has 0 aliphatic carbocycles. The number of phenolic OH excluding ortho intramolecular Hbond substituents is 2. The predicted molar refractivity (Wildman–Crippen MR) is 111 cm³/mol. The Morgan fingerprint density at radius 1 is 0.897 bits per heavy atom. The van der Waals surface area contributed by atoms with Crippen LogP contribution in [0, 0.1) is 0 Å². The third-order valence-electron chi connectivity index (χ3n) is 3.92. The fraction of sp³-hybridized carbons (Fsp3) is 0.217. The molecule has 6 heteroatoms. The van der Waals surface area contributed by atoms with Crippen molar-refractivity contribution in [1.29, 1.82) is 0 Å². The lowest BCUT2D eigenvalue weighted by atomic mass is 10.1. The lowest BCUT2D eigenvalue weighted by molar-refractivity contribution is -0.121. The van der Waals surface area contributed by atoms with E-state index >= 15 is 0 Å². The van der Waals surface area contributed by atoms with E-state index in [1.807, 2.05) is 6.92 Å². The van der Waals surface area contributed by atoms with Gasteiger partial charge in [-0.25, -0.2) is 0 Å². The van der Waals surface area contributed by atoms with Gasteiger partial charge in [0.1, 0.15) is 0 Å². The van der Waals surface area contributed by atoms with Crippen LogP contribution >= 0.6 is 0 Å². The van der Waals surface area contributed by atoms with E-state index in [1.165, 1.54) is 31.4 Å². The Hall–Kier alpha value is -3.54. The van der Waals surface area contributed by atoms with Crippen LogP contribution < -0.4 is 9.47 Å². The summed E-state index contributed by atoms with van der Waals surface area (Å²) in [7, 11) is 1.44. The Morgan fingerprint density at radius 3 is 1.93 bits per heavy atom. The third-order valence-corrected chi connectivity index (χ3v) is 3.92. The first-order valence-corrected chi connectivity index (χ1v) is 9.17.